The van der Waals surface area contributed by atoms with Gasteiger partial charge in [0.1, 0.15) is 0 Å². The lowest BCUT2D eigenvalue weighted by Crippen LogP contribution is -2.40. The van der Waals surface area contributed by atoms with Gasteiger partial charge in [0.25, 0.3) is 0 Å². The first-order valence-corrected chi connectivity index (χ1v) is 7.37. The smallest absolute Gasteiger partial charge is 0.250 e. The van der Waals surface area contributed by atoms with E-state index in [1.165, 1.54) is 36.3 Å². The van der Waals surface area contributed by atoms with Gasteiger partial charge >= 0.3 is 0 Å². The number of hydrogen-bond donors (Lipinski definition) is 2. The number of nitrogens with one attached hydrogen (secondary N) is 2. The van der Waals surface area contributed by atoms with Crippen molar-refractivity contribution in [1.82, 2.24) is 9.88 Å². The molecule has 1 aromatic rings. The second-order valence-corrected chi connectivity index (χ2v) is 5.96. The number of fused-ring (bicyclic) bond motifs is 1. The Balaban J connectivity index is 1.64. The summed E-state index contributed by atoms with van der Waals surface area (Å²) in [6.07, 6.45) is 7.57. The number of carbonyl (C=O) groups is 1. The molecule has 1 saturated heterocycles. The van der Waals surface area contributed by atoms with Crippen LogP contribution in [-0.4, -0.2) is 22.6 Å². The molecule has 1 aromatic heterocycles. The summed E-state index contributed by atoms with van der Waals surface area (Å²) >= 11 is 0. The van der Waals surface area contributed by atoms with E-state index in [-0.39, 0.29) is 17.5 Å². The quantitative estimate of drug-likeness (QED) is 0.853. The average Bonchev–Trinajstić information content (AvgIpc) is 2.87. The topological polar surface area (TPSA) is 63.1 Å². The van der Waals surface area contributed by atoms with Crippen LogP contribution < -0.4 is 16.2 Å². The van der Waals surface area contributed by atoms with Crippen LogP contribution in [0.15, 0.2) is 23.1 Å². The largest absolute Gasteiger partial charge is 0.323 e. The van der Waals surface area contributed by atoms with E-state index in [4.69, 9.17) is 0 Å². The molecule has 3 rings (SSSR count). The third-order valence-electron chi connectivity index (χ3n) is 4.53. The van der Waals surface area contributed by atoms with Crippen LogP contribution in [0.3, 0.4) is 0 Å². The number of pyridine rings is 1. The van der Waals surface area contributed by atoms with Crippen LogP contribution >= 0.6 is 0 Å². The average molecular weight is 275 g/mol. The van der Waals surface area contributed by atoms with E-state index in [9.17, 15) is 9.59 Å². The zero-order valence-corrected chi connectivity index (χ0v) is 11.8. The van der Waals surface area contributed by atoms with E-state index < -0.39 is 0 Å². The Bertz CT molecular complexity index is 552. The Morgan fingerprint density at radius 3 is 2.90 bits per heavy atom. The van der Waals surface area contributed by atoms with Crippen molar-refractivity contribution in [2.45, 2.75) is 44.2 Å². The molecule has 5 heteroatoms. The Labute approximate surface area is 118 Å². The number of anilines is 1. The molecule has 2 aliphatic rings. The SMILES string of the molecule is Cn1cc(NC(=O)C2CC3CCCCC3N2)ccc1=O. The molecule has 0 aromatic carbocycles. The molecule has 1 aliphatic heterocycles. The minimum absolute atomic E-state index is 0.0121. The van der Waals surface area contributed by atoms with E-state index in [0.717, 1.165) is 6.42 Å². The third-order valence-corrected chi connectivity index (χ3v) is 4.53. The van der Waals surface area contributed by atoms with E-state index in [1.807, 2.05) is 0 Å². The fraction of sp³-hybridized carbons (Fsp3) is 0.600. The highest BCUT2D eigenvalue weighted by atomic mass is 16.2. The molecule has 0 spiro atoms. The zero-order chi connectivity index (χ0) is 14.1. The molecular formula is C15H21N3O2. The number of aryl methyl sites for hydroxylation is 1. The Hall–Kier alpha value is -1.62. The molecule has 3 atom stereocenters. The number of nitrogens with zero attached hydrogens (tertiary/aromatic N) is 1. The first kappa shape index (κ1) is 13.4. The van der Waals surface area contributed by atoms with Crippen LogP contribution in [0.4, 0.5) is 5.69 Å². The van der Waals surface area contributed by atoms with Crippen LogP contribution in [0.25, 0.3) is 0 Å². The highest BCUT2D eigenvalue weighted by Crippen LogP contribution is 2.33. The second kappa shape index (κ2) is 5.40. The van der Waals surface area contributed by atoms with Gasteiger partial charge in [0.05, 0.1) is 11.7 Å². The number of amides is 1. The summed E-state index contributed by atoms with van der Waals surface area (Å²) in [5, 5.41) is 6.36. The van der Waals surface area contributed by atoms with Crippen LogP contribution in [0, 0.1) is 5.92 Å². The highest BCUT2D eigenvalue weighted by Gasteiger charge is 2.38. The van der Waals surface area contributed by atoms with Crippen LogP contribution in [-0.2, 0) is 11.8 Å². The molecule has 1 amide bonds. The van der Waals surface area contributed by atoms with Gasteiger partial charge in [-0.2, -0.15) is 0 Å². The summed E-state index contributed by atoms with van der Waals surface area (Å²) < 4.78 is 1.47. The van der Waals surface area contributed by atoms with Gasteiger partial charge in [-0.1, -0.05) is 12.8 Å². The van der Waals surface area contributed by atoms with Gasteiger partial charge in [0.2, 0.25) is 11.5 Å². The summed E-state index contributed by atoms with van der Waals surface area (Å²) in [7, 11) is 1.68. The van der Waals surface area contributed by atoms with E-state index >= 15 is 0 Å². The van der Waals surface area contributed by atoms with E-state index in [2.05, 4.69) is 10.6 Å². The Kier molecular flexibility index (Phi) is 3.61. The van der Waals surface area contributed by atoms with Gasteiger partial charge in [-0.3, -0.25) is 9.59 Å². The molecule has 0 radical (unpaired) electrons. The molecule has 20 heavy (non-hydrogen) atoms. The molecule has 2 heterocycles. The molecular weight excluding hydrogens is 254 g/mol. The van der Waals surface area contributed by atoms with Gasteiger partial charge < -0.3 is 15.2 Å². The summed E-state index contributed by atoms with van der Waals surface area (Å²) in [5.74, 6) is 0.665. The maximum absolute atomic E-state index is 12.3. The van der Waals surface area contributed by atoms with Crippen molar-refractivity contribution in [3.63, 3.8) is 0 Å². The number of rotatable bonds is 2. The van der Waals surface area contributed by atoms with Gasteiger partial charge in [-0.25, -0.2) is 0 Å². The molecule has 3 unspecified atom stereocenters. The molecule has 5 nitrogen and oxygen atoms in total. The molecule has 2 N–H and O–H groups in total. The maximum Gasteiger partial charge on any atom is 0.250 e. The van der Waals surface area contributed by atoms with Crippen molar-refractivity contribution < 1.29 is 4.79 Å². The van der Waals surface area contributed by atoms with Gasteiger partial charge in [-0.15, -0.1) is 0 Å². The molecule has 2 fully saturated rings. The fourth-order valence-corrected chi connectivity index (χ4v) is 3.42. The van der Waals surface area contributed by atoms with Gasteiger partial charge in [-0.05, 0) is 31.2 Å². The number of aromatic nitrogens is 1. The lowest BCUT2D eigenvalue weighted by molar-refractivity contribution is -0.117. The zero-order valence-electron chi connectivity index (χ0n) is 11.8. The predicted octanol–water partition coefficient (Wildman–Crippen LogP) is 1.24. The van der Waals surface area contributed by atoms with Crippen molar-refractivity contribution in [2.24, 2.45) is 13.0 Å². The molecule has 108 valence electrons. The molecule has 1 saturated carbocycles. The molecule has 1 aliphatic carbocycles. The molecule has 0 bridgehead atoms. The van der Waals surface area contributed by atoms with Crippen molar-refractivity contribution in [3.05, 3.63) is 28.7 Å². The first-order valence-electron chi connectivity index (χ1n) is 7.37. The first-order chi connectivity index (χ1) is 9.63. The monoisotopic (exact) mass is 275 g/mol. The van der Waals surface area contributed by atoms with Crippen LogP contribution in [0.2, 0.25) is 0 Å². The fourth-order valence-electron chi connectivity index (χ4n) is 3.42. The van der Waals surface area contributed by atoms with Crippen molar-refractivity contribution in [1.29, 1.82) is 0 Å². The lowest BCUT2D eigenvalue weighted by Gasteiger charge is -2.24. The van der Waals surface area contributed by atoms with Gasteiger partial charge in [0, 0.05) is 25.4 Å². The Morgan fingerprint density at radius 1 is 1.35 bits per heavy atom. The summed E-state index contributed by atoms with van der Waals surface area (Å²) in [4.78, 5) is 23.6. The normalized spacial score (nSPS) is 28.9. The summed E-state index contributed by atoms with van der Waals surface area (Å²) in [5.41, 5.74) is 0.599. The highest BCUT2D eigenvalue weighted by molar-refractivity contribution is 5.94. The number of hydrogen-bond acceptors (Lipinski definition) is 3. The minimum Gasteiger partial charge on any atom is -0.323 e. The summed E-state index contributed by atoms with van der Waals surface area (Å²) in [6.45, 7) is 0. The second-order valence-electron chi connectivity index (χ2n) is 5.96. The van der Waals surface area contributed by atoms with Crippen molar-refractivity contribution in [2.75, 3.05) is 5.32 Å². The van der Waals surface area contributed by atoms with E-state index in [1.54, 1.807) is 19.3 Å². The summed E-state index contributed by atoms with van der Waals surface area (Å²) in [6, 6.07) is 3.54. The standard InChI is InChI=1S/C15H21N3O2/c1-18-9-11(6-7-14(18)19)16-15(20)13-8-10-4-2-3-5-12(10)17-13/h6-7,9-10,12-13,17H,2-5,8H2,1H3,(H,16,20). The van der Waals surface area contributed by atoms with Gasteiger partial charge in [0.15, 0.2) is 0 Å². The number of carbonyl (C=O) groups excluding carboxylic acids is 1. The third kappa shape index (κ3) is 2.63. The predicted molar refractivity (Wildman–Crippen MR) is 77.6 cm³/mol. The van der Waals surface area contributed by atoms with Crippen LogP contribution in [0.5, 0.6) is 0 Å². The maximum atomic E-state index is 12.3. The van der Waals surface area contributed by atoms with E-state index in [0.29, 0.717) is 17.6 Å². The Morgan fingerprint density at radius 2 is 2.15 bits per heavy atom. The lowest BCUT2D eigenvalue weighted by atomic mass is 9.85. The minimum atomic E-state index is -0.0969. The van der Waals surface area contributed by atoms with Crippen LogP contribution in [0.1, 0.15) is 32.1 Å². The van der Waals surface area contributed by atoms with Crippen molar-refractivity contribution in [3.8, 4) is 0 Å². The van der Waals surface area contributed by atoms with Crippen molar-refractivity contribution >= 4 is 11.6 Å².